The van der Waals surface area contributed by atoms with Gasteiger partial charge in [-0.2, -0.15) is 4.68 Å². The fourth-order valence-corrected chi connectivity index (χ4v) is 1.69. The van der Waals surface area contributed by atoms with Crippen molar-refractivity contribution in [3.05, 3.63) is 57.3 Å². The van der Waals surface area contributed by atoms with Crippen LogP contribution in [0.15, 0.2) is 30.5 Å². The lowest BCUT2D eigenvalue weighted by atomic mass is 10.0. The van der Waals surface area contributed by atoms with E-state index in [9.17, 15) is 14.9 Å². The summed E-state index contributed by atoms with van der Waals surface area (Å²) < 4.78 is 1.27. The first-order valence-corrected chi connectivity index (χ1v) is 5.75. The van der Waals surface area contributed by atoms with Gasteiger partial charge < -0.3 is 10.1 Å². The third kappa shape index (κ3) is 2.85. The van der Waals surface area contributed by atoms with Gasteiger partial charge in [-0.3, -0.25) is 4.79 Å². The zero-order valence-electron chi connectivity index (χ0n) is 10.7. The number of carbonyl (C=O) groups is 1. The van der Waals surface area contributed by atoms with E-state index in [4.69, 9.17) is 0 Å². The molecule has 1 aromatic carbocycles. The number of carbonyl (C=O) groups excluding carboxylic acids is 1. The minimum atomic E-state index is -0.586. The minimum absolute atomic E-state index is 0.00363. The van der Waals surface area contributed by atoms with Gasteiger partial charge in [0, 0.05) is 5.56 Å². The zero-order valence-corrected chi connectivity index (χ0v) is 10.7. The lowest BCUT2D eigenvalue weighted by Gasteiger charge is -2.03. The summed E-state index contributed by atoms with van der Waals surface area (Å²) >= 11 is 0. The monoisotopic (exact) mass is 259 g/mol. The Bertz CT molecular complexity index is 646. The van der Waals surface area contributed by atoms with Crippen LogP contribution in [-0.4, -0.2) is 20.5 Å². The summed E-state index contributed by atoms with van der Waals surface area (Å²) in [6.07, 6.45) is 1.43. The van der Waals surface area contributed by atoms with E-state index in [1.165, 1.54) is 16.9 Å². The second-order valence-electron chi connectivity index (χ2n) is 4.35. The number of benzene rings is 1. The SMILES string of the molecule is Cc1ccc(C(=O)Cn2ccc([N+](=O)[O-])n2)cc1C. The number of hydrogen-bond donors (Lipinski definition) is 0. The fourth-order valence-electron chi connectivity index (χ4n) is 1.69. The number of hydrogen-bond acceptors (Lipinski definition) is 4. The molecule has 2 aromatic rings. The third-order valence-electron chi connectivity index (χ3n) is 2.95. The summed E-state index contributed by atoms with van der Waals surface area (Å²) in [6, 6.07) is 6.72. The number of rotatable bonds is 4. The molecule has 0 unspecified atom stereocenters. The van der Waals surface area contributed by atoms with Gasteiger partial charge in [0.05, 0.1) is 17.4 Å². The Morgan fingerprint density at radius 3 is 2.63 bits per heavy atom. The highest BCUT2D eigenvalue weighted by Crippen LogP contribution is 2.12. The molecule has 1 heterocycles. The molecule has 19 heavy (non-hydrogen) atoms. The average Bonchev–Trinajstić information content (AvgIpc) is 2.81. The standard InChI is InChI=1S/C13H13N3O3/c1-9-3-4-11(7-10(9)2)12(17)8-15-6-5-13(14-15)16(18)19/h3-7H,8H2,1-2H3. The van der Waals surface area contributed by atoms with Crippen LogP contribution in [0.1, 0.15) is 21.5 Å². The van der Waals surface area contributed by atoms with E-state index in [2.05, 4.69) is 5.10 Å². The topological polar surface area (TPSA) is 78.0 Å². The van der Waals surface area contributed by atoms with Crippen LogP contribution >= 0.6 is 0 Å². The van der Waals surface area contributed by atoms with Gasteiger partial charge in [-0.1, -0.05) is 12.1 Å². The molecule has 0 aliphatic rings. The molecule has 0 radical (unpaired) electrons. The molecule has 2 rings (SSSR count). The maximum Gasteiger partial charge on any atom is 0.389 e. The molecular formula is C13H13N3O3. The number of nitro groups is 1. The maximum atomic E-state index is 12.0. The number of Topliss-reactive ketones (excluding diaryl/α,β-unsaturated/α-hetero) is 1. The molecular weight excluding hydrogens is 246 g/mol. The maximum absolute atomic E-state index is 12.0. The summed E-state index contributed by atoms with van der Waals surface area (Å²) in [5.74, 6) is -0.381. The first kappa shape index (κ1) is 12.9. The van der Waals surface area contributed by atoms with E-state index in [-0.39, 0.29) is 18.1 Å². The number of aryl methyl sites for hydroxylation is 2. The predicted molar refractivity (Wildman–Crippen MR) is 69.1 cm³/mol. The third-order valence-corrected chi connectivity index (χ3v) is 2.95. The molecule has 0 atom stereocenters. The molecule has 0 aliphatic carbocycles. The van der Waals surface area contributed by atoms with Crippen molar-refractivity contribution in [3.63, 3.8) is 0 Å². The van der Waals surface area contributed by atoms with Gasteiger partial charge in [-0.25, -0.2) is 0 Å². The van der Waals surface area contributed by atoms with Crippen LogP contribution in [0, 0.1) is 24.0 Å². The Hall–Kier alpha value is -2.50. The summed E-state index contributed by atoms with van der Waals surface area (Å²) in [5, 5.41) is 14.2. The van der Waals surface area contributed by atoms with Gasteiger partial charge in [-0.15, -0.1) is 0 Å². The molecule has 98 valence electrons. The molecule has 0 saturated carbocycles. The van der Waals surface area contributed by atoms with E-state index >= 15 is 0 Å². The zero-order chi connectivity index (χ0) is 14.0. The molecule has 1 aromatic heterocycles. The molecule has 6 nitrogen and oxygen atoms in total. The average molecular weight is 259 g/mol. The number of aromatic nitrogens is 2. The van der Waals surface area contributed by atoms with Crippen molar-refractivity contribution in [1.29, 1.82) is 0 Å². The van der Waals surface area contributed by atoms with E-state index < -0.39 is 4.92 Å². The van der Waals surface area contributed by atoms with Crippen LogP contribution < -0.4 is 0 Å². The summed E-state index contributed by atoms with van der Waals surface area (Å²) in [7, 11) is 0. The minimum Gasteiger partial charge on any atom is -0.358 e. The largest absolute Gasteiger partial charge is 0.389 e. The van der Waals surface area contributed by atoms with E-state index in [0.717, 1.165) is 11.1 Å². The highest BCUT2D eigenvalue weighted by molar-refractivity contribution is 5.96. The van der Waals surface area contributed by atoms with Gasteiger partial charge in [0.15, 0.2) is 5.78 Å². The molecule has 0 N–H and O–H groups in total. The van der Waals surface area contributed by atoms with Crippen molar-refractivity contribution in [3.8, 4) is 0 Å². The smallest absolute Gasteiger partial charge is 0.358 e. The number of ketones is 1. The van der Waals surface area contributed by atoms with Gasteiger partial charge in [0.1, 0.15) is 6.54 Å². The second-order valence-corrected chi connectivity index (χ2v) is 4.35. The molecule has 0 saturated heterocycles. The Morgan fingerprint density at radius 1 is 1.32 bits per heavy atom. The summed E-state index contributed by atoms with van der Waals surface area (Å²) in [5.41, 5.74) is 2.74. The predicted octanol–water partition coefficient (Wildman–Crippen LogP) is 2.29. The van der Waals surface area contributed by atoms with Gasteiger partial charge >= 0.3 is 5.82 Å². The van der Waals surface area contributed by atoms with Crippen molar-refractivity contribution < 1.29 is 9.72 Å². The Labute approximate surface area is 109 Å². The second kappa shape index (κ2) is 5.01. The molecule has 0 bridgehead atoms. The van der Waals surface area contributed by atoms with Crippen LogP contribution in [0.3, 0.4) is 0 Å². The highest BCUT2D eigenvalue weighted by atomic mass is 16.6. The molecule has 0 fully saturated rings. The molecule has 0 amide bonds. The van der Waals surface area contributed by atoms with Crippen LogP contribution in [0.5, 0.6) is 0 Å². The lowest BCUT2D eigenvalue weighted by molar-refractivity contribution is -0.389. The molecule has 0 aliphatic heterocycles. The van der Waals surface area contributed by atoms with Gasteiger partial charge in [0.25, 0.3) is 0 Å². The van der Waals surface area contributed by atoms with Crippen LogP contribution in [-0.2, 0) is 6.54 Å². The van der Waals surface area contributed by atoms with Crippen molar-refractivity contribution in [2.75, 3.05) is 0 Å². The van der Waals surface area contributed by atoms with E-state index in [1.807, 2.05) is 26.0 Å². The van der Waals surface area contributed by atoms with Gasteiger partial charge in [-0.05, 0) is 36.0 Å². The molecule has 0 spiro atoms. The summed E-state index contributed by atoms with van der Waals surface area (Å²) in [4.78, 5) is 21.9. The highest BCUT2D eigenvalue weighted by Gasteiger charge is 2.14. The van der Waals surface area contributed by atoms with Crippen LogP contribution in [0.25, 0.3) is 0 Å². The first-order chi connectivity index (χ1) is 8.97. The van der Waals surface area contributed by atoms with Crippen LogP contribution in [0.2, 0.25) is 0 Å². The van der Waals surface area contributed by atoms with Crippen molar-refractivity contribution in [2.24, 2.45) is 0 Å². The van der Waals surface area contributed by atoms with E-state index in [0.29, 0.717) is 5.56 Å². The lowest BCUT2D eigenvalue weighted by Crippen LogP contribution is -2.11. The first-order valence-electron chi connectivity index (χ1n) is 5.75. The fraction of sp³-hybridized carbons (Fsp3) is 0.231. The van der Waals surface area contributed by atoms with E-state index in [1.54, 1.807) is 6.07 Å². The van der Waals surface area contributed by atoms with Gasteiger partial charge in [0.2, 0.25) is 0 Å². The van der Waals surface area contributed by atoms with Crippen molar-refractivity contribution >= 4 is 11.6 Å². The van der Waals surface area contributed by atoms with Crippen molar-refractivity contribution in [1.82, 2.24) is 9.78 Å². The quantitative estimate of drug-likeness (QED) is 0.479. The number of nitrogens with zero attached hydrogens (tertiary/aromatic N) is 3. The van der Waals surface area contributed by atoms with Crippen LogP contribution in [0.4, 0.5) is 5.82 Å². The summed E-state index contributed by atoms with van der Waals surface area (Å²) in [6.45, 7) is 3.90. The Morgan fingerprint density at radius 2 is 2.05 bits per heavy atom. The Kier molecular flexibility index (Phi) is 3.41. The normalized spacial score (nSPS) is 10.4. The molecule has 6 heteroatoms. The Balaban J connectivity index is 2.15. The van der Waals surface area contributed by atoms with Crippen molar-refractivity contribution in [2.45, 2.75) is 20.4 Å².